The molecule has 0 aromatic carbocycles. The molecule has 1 aliphatic heterocycles. The van der Waals surface area contributed by atoms with Crippen molar-refractivity contribution in [3.63, 3.8) is 0 Å². The van der Waals surface area contributed by atoms with E-state index in [4.69, 9.17) is 0 Å². The Balaban J connectivity index is 2.37. The van der Waals surface area contributed by atoms with Gasteiger partial charge in [0.15, 0.2) is 0 Å². The molecule has 0 aliphatic carbocycles. The fraction of sp³-hybridized carbons (Fsp3) is 0.917. The summed E-state index contributed by atoms with van der Waals surface area (Å²) in [7, 11) is 0. The molecule has 0 spiro atoms. The third-order valence-electron chi connectivity index (χ3n) is 3.43. The predicted molar refractivity (Wildman–Crippen MR) is 62.7 cm³/mol. The first kappa shape index (κ1) is 12.5. The lowest BCUT2D eigenvalue weighted by atomic mass is 9.90. The predicted octanol–water partition coefficient (Wildman–Crippen LogP) is 1.68. The molecular formula is C12H24N2O. The van der Waals surface area contributed by atoms with Gasteiger partial charge in [-0.15, -0.1) is 0 Å². The van der Waals surface area contributed by atoms with E-state index in [1.807, 2.05) is 6.92 Å². The van der Waals surface area contributed by atoms with Gasteiger partial charge in [0.25, 0.3) is 0 Å². The fourth-order valence-corrected chi connectivity index (χ4v) is 1.86. The smallest absolute Gasteiger partial charge is 0.240 e. The van der Waals surface area contributed by atoms with Crippen LogP contribution in [0.15, 0.2) is 0 Å². The van der Waals surface area contributed by atoms with Crippen molar-refractivity contribution < 1.29 is 4.79 Å². The Morgan fingerprint density at radius 2 is 2.27 bits per heavy atom. The number of nitrogens with one attached hydrogen (secondary N) is 2. The zero-order valence-electron chi connectivity index (χ0n) is 10.2. The van der Waals surface area contributed by atoms with Crippen molar-refractivity contribution >= 4 is 5.91 Å². The average molecular weight is 212 g/mol. The first-order valence-corrected chi connectivity index (χ1v) is 6.12. The molecule has 1 aliphatic rings. The summed E-state index contributed by atoms with van der Waals surface area (Å²) < 4.78 is 0. The monoisotopic (exact) mass is 212 g/mol. The molecule has 1 fully saturated rings. The molecule has 3 heteroatoms. The van der Waals surface area contributed by atoms with Crippen LogP contribution < -0.4 is 10.6 Å². The van der Waals surface area contributed by atoms with Gasteiger partial charge in [-0.2, -0.15) is 0 Å². The average Bonchev–Trinajstić information content (AvgIpc) is 2.26. The van der Waals surface area contributed by atoms with Crippen LogP contribution in [-0.4, -0.2) is 24.5 Å². The van der Waals surface area contributed by atoms with Crippen molar-refractivity contribution in [2.75, 3.05) is 13.1 Å². The second kappa shape index (κ2) is 5.50. The summed E-state index contributed by atoms with van der Waals surface area (Å²) >= 11 is 0. The van der Waals surface area contributed by atoms with Crippen molar-refractivity contribution in [3.05, 3.63) is 0 Å². The van der Waals surface area contributed by atoms with E-state index in [0.717, 1.165) is 32.4 Å². The van der Waals surface area contributed by atoms with E-state index < -0.39 is 0 Å². The van der Waals surface area contributed by atoms with Crippen molar-refractivity contribution in [2.24, 2.45) is 5.92 Å². The summed E-state index contributed by atoms with van der Waals surface area (Å²) in [5, 5.41) is 6.37. The summed E-state index contributed by atoms with van der Waals surface area (Å²) in [5.41, 5.74) is -0.328. The molecule has 0 aromatic heterocycles. The number of piperidine rings is 1. The van der Waals surface area contributed by atoms with Crippen LogP contribution in [0.5, 0.6) is 0 Å². The summed E-state index contributed by atoms with van der Waals surface area (Å²) in [6.45, 7) is 8.09. The van der Waals surface area contributed by atoms with E-state index in [-0.39, 0.29) is 11.4 Å². The number of carbonyl (C=O) groups excluding carboxylic acids is 1. The van der Waals surface area contributed by atoms with E-state index >= 15 is 0 Å². The molecule has 1 saturated heterocycles. The van der Waals surface area contributed by atoms with Gasteiger partial charge in [-0.05, 0) is 38.6 Å². The lowest BCUT2D eigenvalue weighted by Crippen LogP contribution is -2.57. The molecule has 3 nitrogen and oxygen atoms in total. The van der Waals surface area contributed by atoms with Crippen LogP contribution in [0.4, 0.5) is 0 Å². The van der Waals surface area contributed by atoms with Crippen molar-refractivity contribution in [3.8, 4) is 0 Å². The molecule has 2 unspecified atom stereocenters. The number of amides is 1. The first-order chi connectivity index (χ1) is 7.08. The van der Waals surface area contributed by atoms with Gasteiger partial charge >= 0.3 is 0 Å². The molecular weight excluding hydrogens is 188 g/mol. The molecule has 0 saturated carbocycles. The molecule has 1 rings (SSSR count). The number of carbonyl (C=O) groups is 1. The van der Waals surface area contributed by atoms with Crippen LogP contribution >= 0.6 is 0 Å². The van der Waals surface area contributed by atoms with E-state index in [1.165, 1.54) is 6.42 Å². The van der Waals surface area contributed by atoms with Gasteiger partial charge in [-0.25, -0.2) is 0 Å². The van der Waals surface area contributed by atoms with Crippen LogP contribution in [0.25, 0.3) is 0 Å². The van der Waals surface area contributed by atoms with Crippen molar-refractivity contribution in [1.82, 2.24) is 10.6 Å². The Morgan fingerprint density at radius 3 is 2.80 bits per heavy atom. The summed E-state index contributed by atoms with van der Waals surface area (Å²) in [5.74, 6) is 0.739. The second-order valence-corrected chi connectivity index (χ2v) is 4.94. The van der Waals surface area contributed by atoms with E-state index in [1.54, 1.807) is 0 Å². The maximum absolute atomic E-state index is 12.0. The van der Waals surface area contributed by atoms with Gasteiger partial charge in [0.05, 0.1) is 5.54 Å². The third-order valence-corrected chi connectivity index (χ3v) is 3.43. The summed E-state index contributed by atoms with van der Waals surface area (Å²) in [4.78, 5) is 12.0. The molecule has 1 heterocycles. The second-order valence-electron chi connectivity index (χ2n) is 4.94. The van der Waals surface area contributed by atoms with Crippen LogP contribution in [0.3, 0.4) is 0 Å². The maximum Gasteiger partial charge on any atom is 0.240 e. The summed E-state index contributed by atoms with van der Waals surface area (Å²) in [6.07, 6.45) is 4.41. The molecule has 2 N–H and O–H groups in total. The van der Waals surface area contributed by atoms with Crippen LogP contribution in [0.2, 0.25) is 0 Å². The molecule has 0 bridgehead atoms. The largest absolute Gasteiger partial charge is 0.354 e. The minimum Gasteiger partial charge on any atom is -0.354 e. The van der Waals surface area contributed by atoms with Gasteiger partial charge in [-0.1, -0.05) is 20.3 Å². The minimum absolute atomic E-state index is 0.169. The third kappa shape index (κ3) is 3.49. The molecule has 2 atom stereocenters. The van der Waals surface area contributed by atoms with Gasteiger partial charge in [0, 0.05) is 6.54 Å². The SMILES string of the molecule is CCC(C)CNC(=O)C1(C)CCCCN1. The maximum atomic E-state index is 12.0. The standard InChI is InChI=1S/C12H24N2O/c1-4-10(2)9-13-11(15)12(3)7-5-6-8-14-12/h10,14H,4-9H2,1-3H3,(H,13,15). The number of hydrogen-bond acceptors (Lipinski definition) is 2. The van der Waals surface area contributed by atoms with Crippen molar-refractivity contribution in [1.29, 1.82) is 0 Å². The van der Waals surface area contributed by atoms with Gasteiger partial charge < -0.3 is 10.6 Å². The van der Waals surface area contributed by atoms with Crippen LogP contribution in [0, 0.1) is 5.92 Å². The van der Waals surface area contributed by atoms with Gasteiger partial charge in [0.1, 0.15) is 0 Å². The molecule has 0 radical (unpaired) electrons. The highest BCUT2D eigenvalue weighted by atomic mass is 16.2. The van der Waals surface area contributed by atoms with E-state index in [0.29, 0.717) is 5.92 Å². The fourth-order valence-electron chi connectivity index (χ4n) is 1.86. The molecule has 15 heavy (non-hydrogen) atoms. The molecule has 88 valence electrons. The highest BCUT2D eigenvalue weighted by molar-refractivity contribution is 5.85. The molecule has 0 aromatic rings. The number of rotatable bonds is 4. The topological polar surface area (TPSA) is 41.1 Å². The highest BCUT2D eigenvalue weighted by Gasteiger charge is 2.33. The normalized spacial score (nSPS) is 28.5. The first-order valence-electron chi connectivity index (χ1n) is 6.12. The Bertz CT molecular complexity index is 210. The Labute approximate surface area is 93.0 Å². The lowest BCUT2D eigenvalue weighted by molar-refractivity contribution is -0.128. The van der Waals surface area contributed by atoms with Crippen LogP contribution in [0.1, 0.15) is 46.5 Å². The Morgan fingerprint density at radius 1 is 1.53 bits per heavy atom. The van der Waals surface area contributed by atoms with E-state index in [2.05, 4.69) is 24.5 Å². The lowest BCUT2D eigenvalue weighted by Gasteiger charge is -2.33. The quantitative estimate of drug-likeness (QED) is 0.744. The van der Waals surface area contributed by atoms with Gasteiger partial charge in [-0.3, -0.25) is 4.79 Å². The Hall–Kier alpha value is -0.570. The zero-order valence-corrected chi connectivity index (χ0v) is 10.2. The van der Waals surface area contributed by atoms with Gasteiger partial charge in [0.2, 0.25) is 5.91 Å². The van der Waals surface area contributed by atoms with E-state index in [9.17, 15) is 4.79 Å². The minimum atomic E-state index is -0.328. The highest BCUT2D eigenvalue weighted by Crippen LogP contribution is 2.18. The van der Waals surface area contributed by atoms with Crippen LogP contribution in [-0.2, 0) is 4.79 Å². The summed E-state index contributed by atoms with van der Waals surface area (Å²) in [6, 6.07) is 0. The number of hydrogen-bond donors (Lipinski definition) is 2. The zero-order chi connectivity index (χ0) is 11.3. The molecule has 1 amide bonds. The Kier molecular flexibility index (Phi) is 4.58. The van der Waals surface area contributed by atoms with Crippen molar-refractivity contribution in [2.45, 2.75) is 52.0 Å².